The van der Waals surface area contributed by atoms with Gasteiger partial charge in [0, 0.05) is 24.5 Å². The summed E-state index contributed by atoms with van der Waals surface area (Å²) in [5, 5.41) is 4.56. The van der Waals surface area contributed by atoms with Crippen LogP contribution in [0.15, 0.2) is 12.4 Å². The van der Waals surface area contributed by atoms with Crippen LogP contribution < -0.4 is 10.2 Å². The minimum atomic E-state index is 0.967. The first kappa shape index (κ1) is 14.2. The number of aromatic nitrogens is 2. The number of hydrogen-bond donors (Lipinski definition) is 1. The van der Waals surface area contributed by atoms with Gasteiger partial charge < -0.3 is 10.2 Å². The summed E-state index contributed by atoms with van der Waals surface area (Å²) in [6.45, 7) is 10.4. The number of nitrogens with one attached hydrogen (secondary N) is 1. The zero-order chi connectivity index (χ0) is 13.7. The van der Waals surface area contributed by atoms with Crippen LogP contribution in [0.4, 0.5) is 5.82 Å². The standard InChI is InChI=1S/C14H22N4S/c1-4-11-9-12-13(16-10-17-14(12)19-11)18(6-3)8-7-15-5-2/h9-10,15H,4-8H2,1-3H3. The highest BCUT2D eigenvalue weighted by molar-refractivity contribution is 7.18. The normalized spacial score (nSPS) is 11.1. The molecule has 4 nitrogen and oxygen atoms in total. The highest BCUT2D eigenvalue weighted by Gasteiger charge is 2.12. The van der Waals surface area contributed by atoms with E-state index in [9.17, 15) is 0 Å². The average Bonchev–Trinajstić information content (AvgIpc) is 2.87. The first-order valence-corrected chi connectivity index (χ1v) is 7.80. The summed E-state index contributed by atoms with van der Waals surface area (Å²) < 4.78 is 0. The molecule has 104 valence electrons. The Morgan fingerprint density at radius 2 is 2.11 bits per heavy atom. The molecule has 0 bridgehead atoms. The molecule has 0 fully saturated rings. The van der Waals surface area contributed by atoms with Gasteiger partial charge in [-0.05, 0) is 26.0 Å². The summed E-state index contributed by atoms with van der Waals surface area (Å²) >= 11 is 1.77. The Labute approximate surface area is 118 Å². The van der Waals surface area contributed by atoms with Crippen molar-refractivity contribution >= 4 is 27.4 Å². The van der Waals surface area contributed by atoms with Gasteiger partial charge in [-0.15, -0.1) is 11.3 Å². The van der Waals surface area contributed by atoms with Crippen molar-refractivity contribution in [3.8, 4) is 0 Å². The second kappa shape index (κ2) is 6.82. The molecular formula is C14H22N4S. The van der Waals surface area contributed by atoms with Crippen molar-refractivity contribution in [2.24, 2.45) is 0 Å². The summed E-state index contributed by atoms with van der Waals surface area (Å²) in [7, 11) is 0. The second-order valence-corrected chi connectivity index (χ2v) is 5.53. The van der Waals surface area contributed by atoms with Crippen molar-refractivity contribution in [3.05, 3.63) is 17.3 Å². The Bertz CT molecular complexity index is 523. The molecule has 19 heavy (non-hydrogen) atoms. The van der Waals surface area contributed by atoms with Crippen LogP contribution in [0, 0.1) is 0 Å². The van der Waals surface area contributed by atoms with Gasteiger partial charge in [-0.3, -0.25) is 0 Å². The van der Waals surface area contributed by atoms with Gasteiger partial charge in [0.15, 0.2) is 0 Å². The monoisotopic (exact) mass is 278 g/mol. The molecule has 0 aliphatic carbocycles. The maximum absolute atomic E-state index is 4.50. The molecule has 0 spiro atoms. The Balaban J connectivity index is 2.28. The lowest BCUT2D eigenvalue weighted by atomic mass is 10.3. The summed E-state index contributed by atoms with van der Waals surface area (Å²) in [5.74, 6) is 1.07. The van der Waals surface area contributed by atoms with Crippen LogP contribution in [0.1, 0.15) is 25.6 Å². The summed E-state index contributed by atoms with van der Waals surface area (Å²) in [4.78, 5) is 13.7. The molecule has 2 aromatic heterocycles. The van der Waals surface area contributed by atoms with Crippen LogP contribution in [-0.2, 0) is 6.42 Å². The van der Waals surface area contributed by atoms with Crippen LogP contribution in [-0.4, -0.2) is 36.1 Å². The third kappa shape index (κ3) is 3.22. The van der Waals surface area contributed by atoms with Crippen molar-refractivity contribution in [3.63, 3.8) is 0 Å². The van der Waals surface area contributed by atoms with Crippen molar-refractivity contribution in [1.29, 1.82) is 0 Å². The smallest absolute Gasteiger partial charge is 0.140 e. The molecule has 0 amide bonds. The van der Waals surface area contributed by atoms with E-state index in [1.54, 1.807) is 17.7 Å². The molecule has 2 aromatic rings. The third-order valence-corrected chi connectivity index (χ3v) is 4.39. The number of likely N-dealkylation sites (N-methyl/N-ethyl adjacent to an activating group) is 2. The van der Waals surface area contributed by atoms with Gasteiger partial charge in [0.05, 0.1) is 5.39 Å². The zero-order valence-corrected chi connectivity index (χ0v) is 12.8. The Kier molecular flexibility index (Phi) is 5.10. The van der Waals surface area contributed by atoms with Crippen molar-refractivity contribution in [2.45, 2.75) is 27.2 Å². The number of rotatable bonds is 7. The van der Waals surface area contributed by atoms with Crippen molar-refractivity contribution < 1.29 is 0 Å². The lowest BCUT2D eigenvalue weighted by Crippen LogP contribution is -2.32. The van der Waals surface area contributed by atoms with E-state index in [-0.39, 0.29) is 0 Å². The quantitative estimate of drug-likeness (QED) is 0.791. The highest BCUT2D eigenvalue weighted by atomic mass is 32.1. The fourth-order valence-corrected chi connectivity index (χ4v) is 3.05. The Morgan fingerprint density at radius 3 is 2.79 bits per heavy atom. The molecular weight excluding hydrogens is 256 g/mol. The van der Waals surface area contributed by atoms with Gasteiger partial charge in [0.25, 0.3) is 0 Å². The van der Waals surface area contributed by atoms with Gasteiger partial charge in [-0.25, -0.2) is 9.97 Å². The van der Waals surface area contributed by atoms with Crippen molar-refractivity contribution in [2.75, 3.05) is 31.1 Å². The molecule has 0 saturated heterocycles. The third-order valence-electron chi connectivity index (χ3n) is 3.20. The number of anilines is 1. The molecule has 1 N–H and O–H groups in total. The molecule has 5 heteroatoms. The number of nitrogens with zero attached hydrogens (tertiary/aromatic N) is 3. The first-order valence-electron chi connectivity index (χ1n) is 6.99. The van der Waals surface area contributed by atoms with Gasteiger partial charge in [-0.1, -0.05) is 13.8 Å². The zero-order valence-electron chi connectivity index (χ0n) is 11.9. The lowest BCUT2D eigenvalue weighted by Gasteiger charge is -2.22. The highest BCUT2D eigenvalue weighted by Crippen LogP contribution is 2.30. The van der Waals surface area contributed by atoms with E-state index in [1.165, 1.54) is 10.3 Å². The molecule has 0 atom stereocenters. The lowest BCUT2D eigenvalue weighted by molar-refractivity contribution is 0.685. The van der Waals surface area contributed by atoms with Crippen LogP contribution in [0.2, 0.25) is 0 Å². The van der Waals surface area contributed by atoms with Gasteiger partial charge in [0.1, 0.15) is 17.0 Å². The van der Waals surface area contributed by atoms with E-state index in [0.29, 0.717) is 0 Å². The van der Waals surface area contributed by atoms with Crippen LogP contribution in [0.5, 0.6) is 0 Å². The molecule has 2 rings (SSSR count). The molecule has 2 heterocycles. The summed E-state index contributed by atoms with van der Waals surface area (Å²) in [6, 6.07) is 2.24. The van der Waals surface area contributed by atoms with E-state index in [4.69, 9.17) is 0 Å². The molecule has 0 aliphatic heterocycles. The predicted molar refractivity (Wildman–Crippen MR) is 83.2 cm³/mol. The topological polar surface area (TPSA) is 41.0 Å². The fourth-order valence-electron chi connectivity index (χ4n) is 2.12. The van der Waals surface area contributed by atoms with Gasteiger partial charge in [-0.2, -0.15) is 0 Å². The molecule has 0 radical (unpaired) electrons. The van der Waals surface area contributed by atoms with E-state index in [2.05, 4.69) is 47.0 Å². The number of hydrogen-bond acceptors (Lipinski definition) is 5. The SMILES string of the molecule is CCNCCN(CC)c1ncnc2sc(CC)cc12. The van der Waals surface area contributed by atoms with Gasteiger partial charge >= 0.3 is 0 Å². The number of aryl methyl sites for hydroxylation is 1. The van der Waals surface area contributed by atoms with Crippen LogP contribution in [0.25, 0.3) is 10.2 Å². The predicted octanol–water partition coefficient (Wildman–Crippen LogP) is 2.69. The second-order valence-electron chi connectivity index (χ2n) is 4.42. The molecule has 0 aromatic carbocycles. The first-order chi connectivity index (χ1) is 9.30. The maximum atomic E-state index is 4.50. The molecule has 0 aliphatic rings. The van der Waals surface area contributed by atoms with E-state index in [1.807, 2.05) is 0 Å². The Morgan fingerprint density at radius 1 is 1.26 bits per heavy atom. The number of fused-ring (bicyclic) bond motifs is 1. The summed E-state index contributed by atoms with van der Waals surface area (Å²) in [5.41, 5.74) is 0. The average molecular weight is 278 g/mol. The van der Waals surface area contributed by atoms with Gasteiger partial charge in [0.2, 0.25) is 0 Å². The van der Waals surface area contributed by atoms with Crippen LogP contribution >= 0.6 is 11.3 Å². The van der Waals surface area contributed by atoms with E-state index < -0.39 is 0 Å². The minimum absolute atomic E-state index is 0.967. The number of thiophene rings is 1. The largest absolute Gasteiger partial charge is 0.355 e. The van der Waals surface area contributed by atoms with Crippen LogP contribution in [0.3, 0.4) is 0 Å². The molecule has 0 unspecified atom stereocenters. The molecule has 0 saturated carbocycles. The van der Waals surface area contributed by atoms with E-state index in [0.717, 1.165) is 43.2 Å². The van der Waals surface area contributed by atoms with Crippen molar-refractivity contribution in [1.82, 2.24) is 15.3 Å². The summed E-state index contributed by atoms with van der Waals surface area (Å²) in [6.07, 6.45) is 2.74. The maximum Gasteiger partial charge on any atom is 0.140 e. The van der Waals surface area contributed by atoms with E-state index >= 15 is 0 Å². The fraction of sp³-hybridized carbons (Fsp3) is 0.571. The minimum Gasteiger partial charge on any atom is -0.355 e. The Hall–Kier alpha value is -1.20.